The van der Waals surface area contributed by atoms with Crippen molar-refractivity contribution < 1.29 is 5.11 Å². The van der Waals surface area contributed by atoms with E-state index in [0.29, 0.717) is 12.5 Å². The van der Waals surface area contributed by atoms with E-state index in [1.165, 1.54) is 70.6 Å². The zero-order valence-corrected chi connectivity index (χ0v) is 18.1. The molecule has 4 unspecified atom stereocenters. The average Bonchev–Trinajstić information content (AvgIpc) is 2.81. The van der Waals surface area contributed by atoms with Crippen molar-refractivity contribution in [3.05, 3.63) is 0 Å². The third-order valence-corrected chi connectivity index (χ3v) is 6.74. The molecule has 0 aromatic heterocycles. The molecular formula is C20H40Cl2N2O. The van der Waals surface area contributed by atoms with Crippen molar-refractivity contribution in [2.45, 2.75) is 102 Å². The van der Waals surface area contributed by atoms with E-state index in [-0.39, 0.29) is 23.8 Å². The van der Waals surface area contributed by atoms with Crippen molar-refractivity contribution in [2.75, 3.05) is 20.2 Å². The van der Waals surface area contributed by atoms with Gasteiger partial charge in [0, 0.05) is 6.54 Å². The molecule has 150 valence electrons. The third-order valence-electron chi connectivity index (χ3n) is 5.57. The fraction of sp³-hybridized carbons (Fsp3) is 1.00. The van der Waals surface area contributed by atoms with Gasteiger partial charge in [-0.1, -0.05) is 78.1 Å². The third kappa shape index (κ3) is 7.92. The van der Waals surface area contributed by atoms with Crippen molar-refractivity contribution in [3.63, 3.8) is 0 Å². The lowest BCUT2D eigenvalue weighted by molar-refractivity contribution is 0.0757. The number of alkyl halides is 2. The molecule has 3 nitrogen and oxygen atoms in total. The number of aliphatic hydroxyl groups excluding tert-OH is 1. The maximum atomic E-state index is 9.32. The van der Waals surface area contributed by atoms with Crippen molar-refractivity contribution in [1.29, 1.82) is 0 Å². The predicted octanol–water partition coefficient (Wildman–Crippen LogP) is 5.63. The summed E-state index contributed by atoms with van der Waals surface area (Å²) in [4.78, 5) is 4.32. The SMILES string of the molecule is CCCCCCCCCCCCC(C)C1N(C)C(Cl)C(Cl)N1CCO. The molecule has 0 aromatic rings. The van der Waals surface area contributed by atoms with Gasteiger partial charge in [0.05, 0.1) is 12.8 Å². The number of β-amino-alcohol motifs (C(OH)–C–C–N with tert-alkyl or cyclic N) is 1. The van der Waals surface area contributed by atoms with Crippen molar-refractivity contribution in [1.82, 2.24) is 9.80 Å². The number of likely N-dealkylation sites (N-methyl/N-ethyl adjacent to an activating group) is 1. The number of halogens is 2. The van der Waals surface area contributed by atoms with E-state index in [2.05, 4.69) is 23.6 Å². The maximum absolute atomic E-state index is 9.32. The van der Waals surface area contributed by atoms with Gasteiger partial charge in [0.25, 0.3) is 0 Å². The highest BCUT2D eigenvalue weighted by Gasteiger charge is 2.45. The Morgan fingerprint density at radius 2 is 1.40 bits per heavy atom. The van der Waals surface area contributed by atoms with Crippen LogP contribution in [-0.2, 0) is 0 Å². The Morgan fingerprint density at radius 1 is 0.880 bits per heavy atom. The lowest BCUT2D eigenvalue weighted by Crippen LogP contribution is -2.44. The molecule has 0 radical (unpaired) electrons. The molecule has 25 heavy (non-hydrogen) atoms. The van der Waals surface area contributed by atoms with Gasteiger partial charge >= 0.3 is 0 Å². The summed E-state index contributed by atoms with van der Waals surface area (Å²) in [6, 6.07) is 0. The molecule has 0 amide bonds. The second-order valence-electron chi connectivity index (χ2n) is 7.73. The summed E-state index contributed by atoms with van der Waals surface area (Å²) >= 11 is 12.9. The number of unbranched alkanes of at least 4 members (excludes halogenated alkanes) is 9. The fourth-order valence-corrected chi connectivity index (χ4v) is 4.73. The first kappa shape index (κ1) is 23.5. The first-order chi connectivity index (χ1) is 12.0. The van der Waals surface area contributed by atoms with Crippen molar-refractivity contribution in [2.24, 2.45) is 5.92 Å². The van der Waals surface area contributed by atoms with Crippen LogP contribution in [0.4, 0.5) is 0 Å². The first-order valence-electron chi connectivity index (χ1n) is 10.4. The van der Waals surface area contributed by atoms with Gasteiger partial charge in [0.2, 0.25) is 0 Å². The highest BCUT2D eigenvalue weighted by atomic mass is 35.5. The molecule has 4 atom stereocenters. The molecule has 1 aliphatic heterocycles. The number of hydrogen-bond acceptors (Lipinski definition) is 3. The molecule has 1 aliphatic rings. The van der Waals surface area contributed by atoms with Crippen LogP contribution in [0.2, 0.25) is 0 Å². The van der Waals surface area contributed by atoms with Gasteiger partial charge in [-0.15, -0.1) is 23.2 Å². The number of hydrogen-bond donors (Lipinski definition) is 1. The smallest absolute Gasteiger partial charge is 0.116 e. The zero-order valence-electron chi connectivity index (χ0n) is 16.6. The summed E-state index contributed by atoms with van der Waals surface area (Å²) in [6.45, 7) is 5.28. The molecule has 1 heterocycles. The van der Waals surface area contributed by atoms with Gasteiger partial charge in [-0.3, -0.25) is 9.80 Å². The Bertz CT molecular complexity index is 333. The Hall–Kier alpha value is 0.460. The minimum atomic E-state index is -0.223. The molecule has 0 spiro atoms. The van der Waals surface area contributed by atoms with Crippen LogP contribution in [0.15, 0.2) is 0 Å². The Kier molecular flexibility index (Phi) is 12.8. The molecule has 0 aliphatic carbocycles. The van der Waals surface area contributed by atoms with Gasteiger partial charge in [-0.05, 0) is 19.4 Å². The standard InChI is InChI=1S/C20H40Cl2N2O/c1-4-5-6-7-8-9-10-11-12-13-14-17(2)20-23(3)18(21)19(22)24(20)15-16-25/h17-20,25H,4-16H2,1-3H3. The first-order valence-corrected chi connectivity index (χ1v) is 11.3. The maximum Gasteiger partial charge on any atom is 0.116 e. The number of nitrogens with zero attached hydrogens (tertiary/aromatic N) is 2. The highest BCUT2D eigenvalue weighted by Crippen LogP contribution is 2.35. The highest BCUT2D eigenvalue weighted by molar-refractivity contribution is 6.29. The molecule has 0 aromatic carbocycles. The van der Waals surface area contributed by atoms with E-state index in [0.717, 1.165) is 0 Å². The van der Waals surface area contributed by atoms with Crippen LogP contribution >= 0.6 is 23.2 Å². The van der Waals surface area contributed by atoms with Gasteiger partial charge in [0.1, 0.15) is 11.0 Å². The second-order valence-corrected chi connectivity index (χ2v) is 8.63. The van der Waals surface area contributed by atoms with Crippen molar-refractivity contribution in [3.8, 4) is 0 Å². The summed E-state index contributed by atoms with van der Waals surface area (Å²) in [5, 5.41) is 9.32. The lowest BCUT2D eigenvalue weighted by atomic mass is 9.98. The summed E-state index contributed by atoms with van der Waals surface area (Å²) in [5.74, 6) is 0.510. The van der Waals surface area contributed by atoms with Gasteiger partial charge in [0.15, 0.2) is 0 Å². The molecule has 1 fully saturated rings. The Balaban J connectivity index is 2.17. The quantitative estimate of drug-likeness (QED) is 0.235. The molecular weight excluding hydrogens is 355 g/mol. The van der Waals surface area contributed by atoms with Crippen LogP contribution < -0.4 is 0 Å². The largest absolute Gasteiger partial charge is 0.395 e. The normalized spacial score (nSPS) is 26.4. The molecule has 0 saturated carbocycles. The fourth-order valence-electron chi connectivity index (χ4n) is 4.08. The summed E-state index contributed by atoms with van der Waals surface area (Å²) < 4.78 is 0. The van der Waals surface area contributed by atoms with Crippen LogP contribution in [0.1, 0.15) is 84.5 Å². The van der Waals surface area contributed by atoms with Crippen LogP contribution in [0.5, 0.6) is 0 Å². The van der Waals surface area contributed by atoms with Crippen molar-refractivity contribution >= 4 is 23.2 Å². The van der Waals surface area contributed by atoms with E-state index in [9.17, 15) is 5.11 Å². The lowest BCUT2D eigenvalue weighted by Gasteiger charge is -2.33. The van der Waals surface area contributed by atoms with Gasteiger partial charge < -0.3 is 5.11 Å². The number of aliphatic hydroxyl groups is 1. The topological polar surface area (TPSA) is 26.7 Å². The Labute approximate surface area is 166 Å². The summed E-state index contributed by atoms with van der Waals surface area (Å²) in [7, 11) is 2.05. The molecule has 0 bridgehead atoms. The average molecular weight is 395 g/mol. The minimum absolute atomic E-state index is 0.127. The second kappa shape index (κ2) is 13.6. The van der Waals surface area contributed by atoms with Crippen LogP contribution in [0.3, 0.4) is 0 Å². The summed E-state index contributed by atoms with van der Waals surface area (Å²) in [6.07, 6.45) is 15.1. The van der Waals surface area contributed by atoms with E-state index < -0.39 is 0 Å². The van der Waals surface area contributed by atoms with E-state index in [1.54, 1.807) is 0 Å². The van der Waals surface area contributed by atoms with E-state index >= 15 is 0 Å². The Morgan fingerprint density at radius 3 is 1.92 bits per heavy atom. The van der Waals surface area contributed by atoms with Crippen LogP contribution in [-0.4, -0.2) is 52.3 Å². The van der Waals surface area contributed by atoms with Crippen LogP contribution in [0, 0.1) is 5.92 Å². The molecule has 1 rings (SSSR count). The van der Waals surface area contributed by atoms with E-state index in [1.807, 2.05) is 7.05 Å². The van der Waals surface area contributed by atoms with Gasteiger partial charge in [-0.2, -0.15) is 0 Å². The predicted molar refractivity (Wildman–Crippen MR) is 110 cm³/mol. The monoisotopic (exact) mass is 394 g/mol. The number of rotatable bonds is 14. The molecule has 1 saturated heterocycles. The minimum Gasteiger partial charge on any atom is -0.395 e. The summed E-state index contributed by atoms with van der Waals surface area (Å²) in [5.41, 5.74) is -0.410. The van der Waals surface area contributed by atoms with Gasteiger partial charge in [-0.25, -0.2) is 0 Å². The zero-order chi connectivity index (χ0) is 18.7. The molecule has 1 N–H and O–H groups in total. The van der Waals surface area contributed by atoms with Crippen LogP contribution in [0.25, 0.3) is 0 Å². The van der Waals surface area contributed by atoms with E-state index in [4.69, 9.17) is 23.2 Å². The molecule has 5 heteroatoms.